The van der Waals surface area contributed by atoms with E-state index in [-0.39, 0.29) is 13.4 Å². The number of rotatable bonds is 1. The number of nitrogens with two attached hydrogens (primary N) is 2. The number of hydrogen-bond acceptors (Lipinski definition) is 1. The van der Waals surface area contributed by atoms with Crippen molar-refractivity contribution in [2.24, 2.45) is 5.73 Å². The van der Waals surface area contributed by atoms with E-state index in [1.807, 2.05) is 13.8 Å². The predicted octanol–water partition coefficient (Wildman–Crippen LogP) is -0.698. The molecule has 0 rings (SSSR count). The molecule has 0 aliphatic heterocycles. The van der Waals surface area contributed by atoms with Crippen LogP contribution in [-0.4, -0.2) is 12.0 Å². The zero-order valence-corrected chi connectivity index (χ0v) is 5.73. The Kier molecular flexibility index (Phi) is 5.97. The Morgan fingerprint density at radius 2 is 2.00 bits per heavy atom. The van der Waals surface area contributed by atoms with Gasteiger partial charge in [-0.1, -0.05) is 0 Å². The molecule has 0 aromatic rings. The number of guanidine groups is 1. The molecule has 0 atom stereocenters. The first-order chi connectivity index (χ1) is 3.13. The molecule has 0 bridgehead atoms. The molecule has 3 heteroatoms. The first-order valence-electron chi connectivity index (χ1n) is 2.32. The third-order valence-electron chi connectivity index (χ3n) is 0.513. The van der Waals surface area contributed by atoms with E-state index in [0.717, 1.165) is 0 Å². The monoisotopic (exact) mass is 117 g/mol. The molecule has 0 fully saturated rings. The van der Waals surface area contributed by atoms with Gasteiger partial charge in [-0.2, -0.15) is 0 Å². The van der Waals surface area contributed by atoms with Crippen molar-refractivity contribution in [2.45, 2.75) is 19.9 Å². The summed E-state index contributed by atoms with van der Waals surface area (Å²) in [5.41, 5.74) is 5.02. The Hall–Kier alpha value is -0.570. The van der Waals surface area contributed by atoms with Gasteiger partial charge in [-0.05, 0) is 13.8 Å². The van der Waals surface area contributed by atoms with Gasteiger partial charge in [0.1, 0.15) is 0 Å². The lowest BCUT2D eigenvalue weighted by Gasteiger charge is -1.97. The van der Waals surface area contributed by atoms with Crippen molar-refractivity contribution in [2.75, 3.05) is 0 Å². The molecule has 0 aliphatic rings. The van der Waals surface area contributed by atoms with Crippen molar-refractivity contribution in [1.82, 2.24) is 0 Å². The smallest absolute Gasteiger partial charge is 0.288 e. The minimum absolute atomic E-state index is 0. The van der Waals surface area contributed by atoms with Crippen molar-refractivity contribution < 1.29 is 5.32 Å². The molecular weight excluding hydrogens is 102 g/mol. The summed E-state index contributed by atoms with van der Waals surface area (Å²) in [4.78, 5) is 0. The van der Waals surface area contributed by atoms with Crippen LogP contribution >= 0.6 is 0 Å². The number of quaternary nitrogens is 1. The number of nitrogens with one attached hydrogen (secondary N) is 1. The summed E-state index contributed by atoms with van der Waals surface area (Å²) in [6.07, 6.45) is 0. The van der Waals surface area contributed by atoms with Crippen LogP contribution in [0.4, 0.5) is 0 Å². The molecule has 5 N–H and O–H groups in total. The van der Waals surface area contributed by atoms with Gasteiger partial charge < -0.3 is 13.2 Å². The topological polar surface area (TPSA) is 66.5 Å². The maximum Gasteiger partial charge on any atom is 0.288 e. The third kappa shape index (κ3) is 9.06. The molecule has 0 aliphatic carbocycles. The lowest BCUT2D eigenvalue weighted by molar-refractivity contribution is -0.575. The van der Waals surface area contributed by atoms with Gasteiger partial charge in [-0.15, -0.1) is 0 Å². The van der Waals surface area contributed by atoms with Gasteiger partial charge in [0.15, 0.2) is 0 Å². The Labute approximate surface area is 50.8 Å². The van der Waals surface area contributed by atoms with Crippen molar-refractivity contribution in [3.63, 3.8) is 0 Å². The van der Waals surface area contributed by atoms with E-state index >= 15 is 0 Å². The summed E-state index contributed by atoms with van der Waals surface area (Å²) in [5.74, 6) is 0.162. The standard InChI is InChI=1S/C4H11N3.CH3/c1-3(2)7-4(5)6;/h3H,1-2H3,(H4,5,6,7);1H3/q;-1/p+1. The zero-order valence-electron chi connectivity index (χ0n) is 5.73. The molecule has 3 nitrogen and oxygen atoms in total. The first kappa shape index (κ1) is 10.4. The molecule has 50 valence electrons. The SMILES string of the molecule is CC(C)[NH2+]C(=N)N.[CH3-]. The fraction of sp³-hybridized carbons (Fsp3) is 0.600. The highest BCUT2D eigenvalue weighted by Crippen LogP contribution is 1.58. The van der Waals surface area contributed by atoms with Gasteiger partial charge in [-0.25, -0.2) is 5.41 Å². The first-order valence-corrected chi connectivity index (χ1v) is 2.32. The highest BCUT2D eigenvalue weighted by molar-refractivity contribution is 5.63. The van der Waals surface area contributed by atoms with Crippen LogP contribution in [0.3, 0.4) is 0 Å². The van der Waals surface area contributed by atoms with Gasteiger partial charge in [0.2, 0.25) is 0 Å². The fourth-order valence-corrected chi connectivity index (χ4v) is 0.359. The molecule has 0 unspecified atom stereocenters. The van der Waals surface area contributed by atoms with E-state index in [1.54, 1.807) is 5.32 Å². The van der Waals surface area contributed by atoms with Crippen LogP contribution < -0.4 is 11.1 Å². The van der Waals surface area contributed by atoms with E-state index in [0.29, 0.717) is 6.04 Å². The Bertz CT molecular complexity index is 68.1. The van der Waals surface area contributed by atoms with Crippen LogP contribution in [0, 0.1) is 12.8 Å². The van der Waals surface area contributed by atoms with Gasteiger partial charge in [0.25, 0.3) is 5.96 Å². The Morgan fingerprint density at radius 1 is 1.62 bits per heavy atom. The van der Waals surface area contributed by atoms with Crippen LogP contribution in [0.2, 0.25) is 0 Å². The van der Waals surface area contributed by atoms with Crippen LogP contribution in [0.5, 0.6) is 0 Å². The highest BCUT2D eigenvalue weighted by Gasteiger charge is 1.94. The van der Waals surface area contributed by atoms with Crippen molar-refractivity contribution in [1.29, 1.82) is 5.41 Å². The third-order valence-corrected chi connectivity index (χ3v) is 0.513. The molecule has 0 saturated carbocycles. The van der Waals surface area contributed by atoms with Crippen LogP contribution in [0.1, 0.15) is 13.8 Å². The van der Waals surface area contributed by atoms with Gasteiger partial charge in [0, 0.05) is 0 Å². The lowest BCUT2D eigenvalue weighted by atomic mass is 10.4. The van der Waals surface area contributed by atoms with Crippen molar-refractivity contribution in [3.05, 3.63) is 7.43 Å². The second-order valence-electron chi connectivity index (χ2n) is 1.87. The summed E-state index contributed by atoms with van der Waals surface area (Å²) in [6.45, 7) is 3.98. The molecule has 0 spiro atoms. The number of hydrogen-bond donors (Lipinski definition) is 3. The van der Waals surface area contributed by atoms with Crippen LogP contribution in [0.15, 0.2) is 0 Å². The molecule has 8 heavy (non-hydrogen) atoms. The highest BCUT2D eigenvalue weighted by atomic mass is 15.1. The largest absolute Gasteiger partial charge is 0.358 e. The summed E-state index contributed by atoms with van der Waals surface area (Å²) in [5, 5.41) is 8.44. The van der Waals surface area contributed by atoms with Crippen LogP contribution in [-0.2, 0) is 0 Å². The Balaban J connectivity index is 0. The summed E-state index contributed by atoms with van der Waals surface area (Å²) >= 11 is 0. The molecule has 0 saturated heterocycles. The molecular formula is C5H15N3. The van der Waals surface area contributed by atoms with E-state index in [2.05, 4.69) is 0 Å². The van der Waals surface area contributed by atoms with E-state index < -0.39 is 0 Å². The van der Waals surface area contributed by atoms with E-state index in [4.69, 9.17) is 11.1 Å². The maximum atomic E-state index is 6.75. The molecule has 0 radical (unpaired) electrons. The molecule has 0 heterocycles. The molecule has 0 amide bonds. The average Bonchev–Trinajstić information content (AvgIpc) is 1.27. The van der Waals surface area contributed by atoms with Gasteiger partial charge in [0.05, 0.1) is 6.04 Å². The second kappa shape index (κ2) is 4.59. The van der Waals surface area contributed by atoms with Crippen LogP contribution in [0.25, 0.3) is 0 Å². The maximum absolute atomic E-state index is 6.75. The quantitative estimate of drug-likeness (QED) is 0.237. The predicted molar refractivity (Wildman–Crippen MR) is 35.4 cm³/mol. The van der Waals surface area contributed by atoms with Gasteiger partial charge >= 0.3 is 0 Å². The second-order valence-corrected chi connectivity index (χ2v) is 1.87. The lowest BCUT2D eigenvalue weighted by Crippen LogP contribution is -2.94. The molecule has 0 aromatic carbocycles. The van der Waals surface area contributed by atoms with Crippen molar-refractivity contribution in [3.8, 4) is 0 Å². The summed E-state index contributed by atoms with van der Waals surface area (Å²) < 4.78 is 0. The fourth-order valence-electron chi connectivity index (χ4n) is 0.359. The minimum atomic E-state index is 0. The van der Waals surface area contributed by atoms with E-state index in [9.17, 15) is 0 Å². The van der Waals surface area contributed by atoms with E-state index in [1.165, 1.54) is 0 Å². The van der Waals surface area contributed by atoms with Crippen molar-refractivity contribution >= 4 is 5.96 Å². The minimum Gasteiger partial charge on any atom is -0.358 e. The zero-order chi connectivity index (χ0) is 5.86. The summed E-state index contributed by atoms with van der Waals surface area (Å²) in [7, 11) is 0. The summed E-state index contributed by atoms with van der Waals surface area (Å²) in [6, 6.07) is 0.400. The molecule has 0 aromatic heterocycles. The average molecular weight is 117 g/mol. The van der Waals surface area contributed by atoms with Gasteiger partial charge in [-0.3, -0.25) is 5.32 Å². The Morgan fingerprint density at radius 3 is 2.00 bits per heavy atom. The normalized spacial score (nSPS) is 8.38.